The molecule has 0 aromatic heterocycles. The molecule has 3 unspecified atom stereocenters. The van der Waals surface area contributed by atoms with Crippen molar-refractivity contribution in [3.63, 3.8) is 0 Å². The van der Waals surface area contributed by atoms with Crippen molar-refractivity contribution in [3.05, 3.63) is 59.7 Å². The highest BCUT2D eigenvalue weighted by Gasteiger charge is 2.29. The van der Waals surface area contributed by atoms with Crippen molar-refractivity contribution in [2.45, 2.75) is 45.6 Å². The quantitative estimate of drug-likeness (QED) is 0.502. The third kappa shape index (κ3) is 5.92. The zero-order chi connectivity index (χ0) is 24.0. The maximum atomic E-state index is 12.4. The monoisotopic (exact) mass is 452 g/mol. The maximum Gasteiger partial charge on any atom is 0.407 e. The number of rotatable bonds is 10. The average molecular weight is 453 g/mol. The van der Waals surface area contributed by atoms with E-state index in [0.717, 1.165) is 28.7 Å². The van der Waals surface area contributed by atoms with E-state index in [4.69, 9.17) is 4.74 Å². The summed E-state index contributed by atoms with van der Waals surface area (Å²) in [6.07, 6.45) is 0.591. The fraction of sp³-hybridized carbons (Fsp3) is 0.423. The molecule has 3 N–H and O–H groups in total. The van der Waals surface area contributed by atoms with Crippen LogP contribution in [0.4, 0.5) is 4.79 Å². The van der Waals surface area contributed by atoms with Crippen molar-refractivity contribution in [2.24, 2.45) is 11.8 Å². The van der Waals surface area contributed by atoms with Crippen LogP contribution in [-0.2, 0) is 14.3 Å². The van der Waals surface area contributed by atoms with Crippen LogP contribution in [0, 0.1) is 11.8 Å². The Hall–Kier alpha value is -3.35. The van der Waals surface area contributed by atoms with Crippen LogP contribution in [0.2, 0.25) is 0 Å². The van der Waals surface area contributed by atoms with Crippen LogP contribution in [0.25, 0.3) is 11.1 Å². The first kappa shape index (κ1) is 24.3. The zero-order valence-electron chi connectivity index (χ0n) is 19.3. The minimum absolute atomic E-state index is 0.0410. The Morgan fingerprint density at radius 1 is 1.00 bits per heavy atom. The molecule has 0 bridgehead atoms. The third-order valence-corrected chi connectivity index (χ3v) is 6.29. The van der Waals surface area contributed by atoms with Crippen LogP contribution in [0.15, 0.2) is 48.5 Å². The molecule has 176 valence electrons. The molecule has 7 nitrogen and oxygen atoms in total. The summed E-state index contributed by atoms with van der Waals surface area (Å²) < 4.78 is 5.48. The number of amides is 2. The van der Waals surface area contributed by atoms with E-state index in [2.05, 4.69) is 22.8 Å². The van der Waals surface area contributed by atoms with Gasteiger partial charge in [0.25, 0.3) is 0 Å². The van der Waals surface area contributed by atoms with Gasteiger partial charge in [-0.1, -0.05) is 75.7 Å². The van der Waals surface area contributed by atoms with Crippen molar-refractivity contribution in [3.8, 4) is 11.1 Å². The molecule has 3 atom stereocenters. The van der Waals surface area contributed by atoms with Gasteiger partial charge in [0, 0.05) is 12.5 Å². The number of alkyl carbamates (subject to hydrolysis) is 1. The summed E-state index contributed by atoms with van der Waals surface area (Å²) in [6.45, 7) is 5.81. The normalized spacial score (nSPS) is 15.0. The summed E-state index contributed by atoms with van der Waals surface area (Å²) in [7, 11) is 0. The van der Waals surface area contributed by atoms with Crippen molar-refractivity contribution in [2.75, 3.05) is 13.2 Å². The van der Waals surface area contributed by atoms with Gasteiger partial charge < -0.3 is 20.5 Å². The molecular formula is C26H32N2O5. The molecule has 1 aliphatic carbocycles. The number of nitrogens with one attached hydrogen (secondary N) is 2. The van der Waals surface area contributed by atoms with Gasteiger partial charge in [-0.15, -0.1) is 0 Å². The summed E-state index contributed by atoms with van der Waals surface area (Å²) in [6, 6.07) is 15.2. The number of carboxylic acids is 1. The van der Waals surface area contributed by atoms with E-state index in [9.17, 15) is 19.5 Å². The van der Waals surface area contributed by atoms with E-state index in [1.807, 2.05) is 50.2 Å². The lowest BCUT2D eigenvalue weighted by Crippen LogP contribution is -2.46. The lowest BCUT2D eigenvalue weighted by molar-refractivity contribution is -0.142. The average Bonchev–Trinajstić information content (AvgIpc) is 3.14. The SMILES string of the molecule is CCC(C)CC(NC(=O)C(C)CNC(=O)OCC1c2ccccc2-c2ccccc21)C(=O)O. The second-order valence-corrected chi connectivity index (χ2v) is 8.76. The molecule has 33 heavy (non-hydrogen) atoms. The smallest absolute Gasteiger partial charge is 0.407 e. The Morgan fingerprint density at radius 3 is 2.12 bits per heavy atom. The van der Waals surface area contributed by atoms with E-state index >= 15 is 0 Å². The summed E-state index contributed by atoms with van der Waals surface area (Å²) in [4.78, 5) is 36.2. The van der Waals surface area contributed by atoms with Crippen LogP contribution in [-0.4, -0.2) is 42.3 Å². The number of carboxylic acid groups (broad SMARTS) is 1. The van der Waals surface area contributed by atoms with Gasteiger partial charge in [0.2, 0.25) is 5.91 Å². The lowest BCUT2D eigenvalue weighted by Gasteiger charge is -2.20. The first-order valence-electron chi connectivity index (χ1n) is 11.4. The van der Waals surface area contributed by atoms with Crippen molar-refractivity contribution in [1.29, 1.82) is 0 Å². The molecule has 0 radical (unpaired) electrons. The molecule has 0 saturated carbocycles. The summed E-state index contributed by atoms with van der Waals surface area (Å²) >= 11 is 0. The number of carbonyl (C=O) groups is 3. The number of aliphatic carboxylic acids is 1. The number of benzene rings is 2. The molecule has 1 aliphatic rings. The summed E-state index contributed by atoms with van der Waals surface area (Å²) in [5, 5.41) is 14.6. The fourth-order valence-corrected chi connectivity index (χ4v) is 4.08. The number of ether oxygens (including phenoxy) is 1. The molecule has 2 aromatic carbocycles. The molecule has 0 fully saturated rings. The van der Waals surface area contributed by atoms with Crippen molar-refractivity contribution in [1.82, 2.24) is 10.6 Å². The van der Waals surface area contributed by atoms with Crippen LogP contribution in [0.5, 0.6) is 0 Å². The Labute approximate surface area is 194 Å². The van der Waals surface area contributed by atoms with E-state index in [1.165, 1.54) is 0 Å². The number of hydrogen-bond acceptors (Lipinski definition) is 4. The second kappa shape index (κ2) is 11.0. The van der Waals surface area contributed by atoms with Crippen molar-refractivity contribution < 1.29 is 24.2 Å². The standard InChI is InChI=1S/C26H32N2O5/c1-4-16(2)13-23(25(30)31)28-24(29)17(3)14-27-26(32)33-15-22-20-11-7-5-9-18(20)19-10-6-8-12-21(19)22/h5-12,16-17,22-23H,4,13-15H2,1-3H3,(H,27,32)(H,28,29)(H,30,31). The summed E-state index contributed by atoms with van der Waals surface area (Å²) in [5.41, 5.74) is 4.55. The highest BCUT2D eigenvalue weighted by molar-refractivity contribution is 5.85. The van der Waals surface area contributed by atoms with Gasteiger partial charge in [0.1, 0.15) is 12.6 Å². The molecule has 3 rings (SSSR count). The van der Waals surface area contributed by atoms with Gasteiger partial charge in [-0.05, 0) is 34.6 Å². The largest absolute Gasteiger partial charge is 0.480 e. The summed E-state index contributed by atoms with van der Waals surface area (Å²) in [5.74, 6) is -1.92. The van der Waals surface area contributed by atoms with Gasteiger partial charge in [-0.2, -0.15) is 0 Å². The van der Waals surface area contributed by atoms with Gasteiger partial charge in [0.15, 0.2) is 0 Å². The molecule has 0 spiro atoms. The Bertz CT molecular complexity index is 960. The van der Waals surface area contributed by atoms with E-state index in [-0.39, 0.29) is 25.0 Å². The highest BCUT2D eigenvalue weighted by Crippen LogP contribution is 2.44. The fourth-order valence-electron chi connectivity index (χ4n) is 4.08. The predicted octanol–water partition coefficient (Wildman–Crippen LogP) is 4.17. The topological polar surface area (TPSA) is 105 Å². The molecule has 0 aliphatic heterocycles. The van der Waals surface area contributed by atoms with Crippen LogP contribution in [0.1, 0.15) is 50.7 Å². The van der Waals surface area contributed by atoms with Crippen molar-refractivity contribution >= 4 is 18.0 Å². The van der Waals surface area contributed by atoms with Crippen LogP contribution in [0.3, 0.4) is 0 Å². The first-order chi connectivity index (χ1) is 15.8. The van der Waals surface area contributed by atoms with E-state index in [0.29, 0.717) is 6.42 Å². The first-order valence-corrected chi connectivity index (χ1v) is 11.4. The Kier molecular flexibility index (Phi) is 8.09. The Morgan fingerprint density at radius 2 is 1.58 bits per heavy atom. The minimum Gasteiger partial charge on any atom is -0.480 e. The van der Waals surface area contributed by atoms with Gasteiger partial charge in [-0.25, -0.2) is 9.59 Å². The molecule has 2 amide bonds. The van der Waals surface area contributed by atoms with Gasteiger partial charge in [-0.3, -0.25) is 4.79 Å². The number of carbonyl (C=O) groups excluding carboxylic acids is 2. The molecule has 2 aromatic rings. The highest BCUT2D eigenvalue weighted by atomic mass is 16.5. The van der Waals surface area contributed by atoms with E-state index < -0.39 is 29.9 Å². The molecule has 0 saturated heterocycles. The maximum absolute atomic E-state index is 12.4. The van der Waals surface area contributed by atoms with Crippen LogP contribution >= 0.6 is 0 Å². The van der Waals surface area contributed by atoms with E-state index in [1.54, 1.807) is 6.92 Å². The molecule has 0 heterocycles. The predicted molar refractivity (Wildman–Crippen MR) is 126 cm³/mol. The molecule has 7 heteroatoms. The van der Waals surface area contributed by atoms with Gasteiger partial charge in [0.05, 0.1) is 5.92 Å². The van der Waals surface area contributed by atoms with Gasteiger partial charge >= 0.3 is 12.1 Å². The zero-order valence-corrected chi connectivity index (χ0v) is 19.3. The molecular weight excluding hydrogens is 420 g/mol. The second-order valence-electron chi connectivity index (χ2n) is 8.76. The minimum atomic E-state index is -1.06. The number of hydrogen-bond donors (Lipinski definition) is 3. The Balaban J connectivity index is 1.50. The van der Waals surface area contributed by atoms with Crippen LogP contribution < -0.4 is 10.6 Å². The number of fused-ring (bicyclic) bond motifs is 3. The lowest BCUT2D eigenvalue weighted by atomic mass is 9.98. The third-order valence-electron chi connectivity index (χ3n) is 6.29.